The van der Waals surface area contributed by atoms with Crippen molar-refractivity contribution in [3.8, 4) is 16.3 Å². The minimum absolute atomic E-state index is 0.138. The number of benzene rings is 1. The molecule has 12 heteroatoms. The average molecular weight is 480 g/mol. The molecule has 3 aliphatic heterocycles. The molecule has 3 saturated heterocycles. The number of thiazole rings is 1. The number of halogens is 2. The predicted octanol–water partition coefficient (Wildman–Crippen LogP) is 4.29. The number of hydrogen-bond donors (Lipinski definition) is 1. The minimum atomic E-state index is -3.65. The number of piperazine rings is 1. The number of piperidine rings is 1. The predicted molar refractivity (Wildman–Crippen MR) is 116 cm³/mol. The van der Waals surface area contributed by atoms with Crippen LogP contribution in [0.2, 0.25) is 0 Å². The number of aromatic nitrogens is 2. The van der Waals surface area contributed by atoms with Crippen molar-refractivity contribution in [2.45, 2.75) is 44.1 Å². The second kappa shape index (κ2) is 7.52. The molecule has 0 radical (unpaired) electrons. The van der Waals surface area contributed by atoms with E-state index in [0.29, 0.717) is 23.7 Å². The first-order valence-corrected chi connectivity index (χ1v) is 11.2. The van der Waals surface area contributed by atoms with Gasteiger partial charge in [0.2, 0.25) is 0 Å². The third-order valence-corrected chi connectivity index (χ3v) is 7.10. The van der Waals surface area contributed by atoms with Crippen molar-refractivity contribution in [1.82, 2.24) is 14.9 Å². The van der Waals surface area contributed by atoms with Crippen LogP contribution in [0, 0.1) is 0 Å². The summed E-state index contributed by atoms with van der Waals surface area (Å²) in [5, 5.41) is 11.8. The highest BCUT2D eigenvalue weighted by Gasteiger charge is 2.51. The molecule has 0 spiro atoms. The normalized spacial score (nSPS) is 20.8. The molecule has 9 nitrogen and oxygen atoms in total. The Morgan fingerprint density at radius 1 is 1.30 bits per heavy atom. The van der Waals surface area contributed by atoms with E-state index >= 15 is 0 Å². The fourth-order valence-corrected chi connectivity index (χ4v) is 4.83. The summed E-state index contributed by atoms with van der Waals surface area (Å²) in [5.41, 5.74) is -0.861. The molecular weight excluding hydrogens is 458 g/mol. The van der Waals surface area contributed by atoms with Crippen LogP contribution in [0.5, 0.6) is 5.75 Å². The van der Waals surface area contributed by atoms with Gasteiger partial charge in [-0.05, 0) is 32.4 Å². The van der Waals surface area contributed by atoms with Crippen LogP contribution in [-0.2, 0) is 4.74 Å². The molecule has 0 saturated carbocycles. The number of oxazole rings is 1. The summed E-state index contributed by atoms with van der Waals surface area (Å²) in [7, 11) is 1.19. The highest BCUT2D eigenvalue weighted by Crippen LogP contribution is 2.42. The molecule has 3 aromatic rings. The number of nitrogens with zero attached hydrogens (tertiary/aromatic N) is 4. The van der Waals surface area contributed by atoms with E-state index in [1.54, 1.807) is 17.6 Å². The lowest BCUT2D eigenvalue weighted by atomic mass is 9.88. The molecule has 0 aliphatic carbocycles. The Morgan fingerprint density at radius 3 is 2.64 bits per heavy atom. The number of anilines is 1. The second-order valence-corrected chi connectivity index (χ2v) is 9.49. The minimum Gasteiger partial charge on any atom is -0.465 e. The Hall–Kier alpha value is -2.99. The first-order chi connectivity index (χ1) is 15.6. The lowest BCUT2D eigenvalue weighted by Gasteiger charge is -2.54. The smallest absolute Gasteiger partial charge is 0.427 e. The van der Waals surface area contributed by atoms with Gasteiger partial charge in [0.05, 0.1) is 17.6 Å². The maximum absolute atomic E-state index is 14.8. The summed E-state index contributed by atoms with van der Waals surface area (Å²) in [6, 6.07) is 2.95. The monoisotopic (exact) mass is 480 g/mol. The van der Waals surface area contributed by atoms with Gasteiger partial charge in [0.1, 0.15) is 5.01 Å². The van der Waals surface area contributed by atoms with E-state index in [4.69, 9.17) is 13.9 Å². The highest BCUT2D eigenvalue weighted by molar-refractivity contribution is 7.13. The molecule has 1 amide bonds. The van der Waals surface area contributed by atoms with Gasteiger partial charge in [-0.25, -0.2) is 9.78 Å². The van der Waals surface area contributed by atoms with Crippen molar-refractivity contribution >= 4 is 34.5 Å². The number of rotatable bonds is 6. The molecule has 2 aromatic heterocycles. The SMILES string of the molecule is COC(C)(C)C(F)(F)Oc1ccc(-c2nccs2)c2oc(N3CC4CC(C3)N4C(=O)O)nc12. The van der Waals surface area contributed by atoms with E-state index in [2.05, 4.69) is 9.97 Å². The van der Waals surface area contributed by atoms with E-state index in [9.17, 15) is 18.7 Å². The number of carboxylic acid groups (broad SMARTS) is 1. The molecular formula is C21H22F2N4O5S. The zero-order chi connectivity index (χ0) is 23.5. The second-order valence-electron chi connectivity index (χ2n) is 8.59. The van der Waals surface area contributed by atoms with Crippen LogP contribution < -0.4 is 9.64 Å². The Balaban J connectivity index is 1.54. The van der Waals surface area contributed by atoms with Gasteiger partial charge in [-0.3, -0.25) is 4.90 Å². The summed E-state index contributed by atoms with van der Waals surface area (Å²) in [6.07, 6.45) is -2.18. The molecule has 6 rings (SSSR count). The Bertz CT molecular complexity index is 1190. The van der Waals surface area contributed by atoms with Gasteiger partial charge in [0.25, 0.3) is 6.01 Å². The first kappa shape index (κ1) is 21.8. The molecule has 3 fully saturated rings. The van der Waals surface area contributed by atoms with Gasteiger partial charge in [-0.1, -0.05) is 0 Å². The fraction of sp³-hybridized carbons (Fsp3) is 0.476. The summed E-state index contributed by atoms with van der Waals surface area (Å²) in [6.45, 7) is 3.28. The van der Waals surface area contributed by atoms with E-state index in [1.807, 2.05) is 4.90 Å². The molecule has 176 valence electrons. The van der Waals surface area contributed by atoms with Crippen molar-refractivity contribution < 1.29 is 32.6 Å². The largest absolute Gasteiger partial charge is 0.465 e. The standard InChI is InChI=1S/C21H22F2N4O5S/c1-20(2,30-3)21(22,23)32-14-5-4-13(17-24-6-7-33-17)16-15(14)25-18(31-16)26-9-11-8-12(10-26)27(11)19(28)29/h4-7,11-12H,8-10H2,1-3H3,(H,28,29). The number of methoxy groups -OCH3 is 1. The Morgan fingerprint density at radius 2 is 2.03 bits per heavy atom. The van der Waals surface area contributed by atoms with Gasteiger partial charge in [-0.2, -0.15) is 13.8 Å². The third kappa shape index (κ3) is 3.48. The summed E-state index contributed by atoms with van der Waals surface area (Å²) < 4.78 is 45.8. The quantitative estimate of drug-likeness (QED) is 0.558. The van der Waals surface area contributed by atoms with Crippen molar-refractivity contribution in [2.75, 3.05) is 25.1 Å². The van der Waals surface area contributed by atoms with Gasteiger partial charge in [0.15, 0.2) is 22.5 Å². The number of hydrogen-bond acceptors (Lipinski definition) is 8. The molecule has 33 heavy (non-hydrogen) atoms. The van der Waals surface area contributed by atoms with Crippen molar-refractivity contribution in [3.05, 3.63) is 23.7 Å². The summed E-state index contributed by atoms with van der Waals surface area (Å²) in [4.78, 5) is 23.5. The molecule has 2 unspecified atom stereocenters. The van der Waals surface area contributed by atoms with E-state index < -0.39 is 17.8 Å². The van der Waals surface area contributed by atoms with Gasteiger partial charge >= 0.3 is 12.2 Å². The summed E-state index contributed by atoms with van der Waals surface area (Å²) in [5.74, 6) is -0.148. The van der Waals surface area contributed by atoms with Gasteiger partial charge < -0.3 is 23.9 Å². The van der Waals surface area contributed by atoms with Crippen LogP contribution in [0.1, 0.15) is 20.3 Å². The summed E-state index contributed by atoms with van der Waals surface area (Å²) >= 11 is 1.38. The molecule has 1 N–H and O–H groups in total. The van der Waals surface area contributed by atoms with Crippen molar-refractivity contribution in [1.29, 1.82) is 0 Å². The molecule has 2 atom stereocenters. The zero-order valence-corrected chi connectivity index (χ0v) is 18.9. The van der Waals surface area contributed by atoms with Crippen molar-refractivity contribution in [2.24, 2.45) is 0 Å². The van der Waals surface area contributed by atoms with Crippen LogP contribution in [0.15, 0.2) is 28.1 Å². The van der Waals surface area contributed by atoms with E-state index in [0.717, 1.165) is 6.42 Å². The van der Waals surface area contributed by atoms with Gasteiger partial charge in [-0.15, -0.1) is 11.3 Å². The Labute approximate surface area is 191 Å². The highest BCUT2D eigenvalue weighted by atomic mass is 32.1. The van der Waals surface area contributed by atoms with E-state index in [-0.39, 0.29) is 34.9 Å². The van der Waals surface area contributed by atoms with Crippen LogP contribution >= 0.6 is 11.3 Å². The number of alkyl halides is 2. The maximum atomic E-state index is 14.8. The van der Waals surface area contributed by atoms with Crippen LogP contribution in [-0.4, -0.2) is 70.1 Å². The lowest BCUT2D eigenvalue weighted by Crippen LogP contribution is -2.70. The molecule has 2 bridgehead atoms. The van der Waals surface area contributed by atoms with Crippen molar-refractivity contribution in [3.63, 3.8) is 0 Å². The topological polar surface area (TPSA) is 101 Å². The lowest BCUT2D eigenvalue weighted by molar-refractivity contribution is -0.283. The fourth-order valence-electron chi connectivity index (χ4n) is 4.17. The third-order valence-electron chi connectivity index (χ3n) is 6.29. The maximum Gasteiger partial charge on any atom is 0.427 e. The number of ether oxygens (including phenoxy) is 2. The molecule has 1 aromatic carbocycles. The zero-order valence-electron chi connectivity index (χ0n) is 18.1. The molecule has 3 aliphatic rings. The average Bonchev–Trinajstić information content (AvgIpc) is 3.44. The number of fused-ring (bicyclic) bond motifs is 3. The number of amides is 1. The molecule has 5 heterocycles. The Kier molecular flexibility index (Phi) is 4.98. The van der Waals surface area contributed by atoms with Crippen LogP contribution in [0.25, 0.3) is 21.7 Å². The first-order valence-electron chi connectivity index (χ1n) is 10.3. The van der Waals surface area contributed by atoms with E-state index in [1.165, 1.54) is 43.3 Å². The van der Waals surface area contributed by atoms with Crippen LogP contribution in [0.3, 0.4) is 0 Å². The number of carbonyl (C=O) groups is 1. The van der Waals surface area contributed by atoms with Gasteiger partial charge in [0, 0.05) is 31.8 Å². The van der Waals surface area contributed by atoms with Crippen LogP contribution in [0.4, 0.5) is 19.6 Å².